The van der Waals surface area contributed by atoms with Crippen LogP contribution in [0, 0.1) is 0 Å². The fourth-order valence-electron chi connectivity index (χ4n) is 1.68. The van der Waals surface area contributed by atoms with Gasteiger partial charge in [0, 0.05) is 18.6 Å². The molecule has 1 atom stereocenters. The molecule has 0 heterocycles. The Balaban J connectivity index is 4.16. The molecule has 0 aromatic carbocycles. The number of hydrogen-bond donors (Lipinski definition) is 2. The van der Waals surface area contributed by atoms with Gasteiger partial charge in [-0.25, -0.2) is 0 Å². The van der Waals surface area contributed by atoms with Crippen molar-refractivity contribution in [3.05, 3.63) is 0 Å². The highest BCUT2D eigenvalue weighted by Crippen LogP contribution is 2.18. The first kappa shape index (κ1) is 17.7. The Kier molecular flexibility index (Phi) is 8.56. The van der Waals surface area contributed by atoms with E-state index in [1.54, 1.807) is 13.8 Å². The average Bonchev–Trinajstić information content (AvgIpc) is 2.25. The minimum atomic E-state index is -4.17. The van der Waals surface area contributed by atoms with Crippen molar-refractivity contribution < 1.29 is 18.3 Å². The second kappa shape index (κ2) is 8.72. The lowest BCUT2D eigenvalue weighted by molar-refractivity contribution is -0.149. The number of halogens is 3. The summed E-state index contributed by atoms with van der Waals surface area (Å²) in [5.74, 6) is 0. The molecule has 0 aliphatic carbocycles. The summed E-state index contributed by atoms with van der Waals surface area (Å²) in [5.41, 5.74) is 0. The third-order valence-corrected chi connectivity index (χ3v) is 2.78. The summed E-state index contributed by atoms with van der Waals surface area (Å²) < 4.78 is 37.1. The van der Waals surface area contributed by atoms with Gasteiger partial charge >= 0.3 is 6.18 Å². The van der Waals surface area contributed by atoms with Gasteiger partial charge in [0.2, 0.25) is 0 Å². The summed E-state index contributed by atoms with van der Waals surface area (Å²) in [6.45, 7) is 5.67. The Bertz CT molecular complexity index is 210. The van der Waals surface area contributed by atoms with Crippen LogP contribution in [-0.2, 0) is 0 Å². The summed E-state index contributed by atoms with van der Waals surface area (Å²) in [7, 11) is 0. The molecule has 1 unspecified atom stereocenters. The van der Waals surface area contributed by atoms with Crippen LogP contribution in [0.5, 0.6) is 0 Å². The molecule has 2 N–H and O–H groups in total. The summed E-state index contributed by atoms with van der Waals surface area (Å²) in [6, 6.07) is -0.281. The maximum Gasteiger partial charge on any atom is 0.401 e. The monoisotopic (exact) mass is 270 g/mol. The van der Waals surface area contributed by atoms with Crippen molar-refractivity contribution in [1.29, 1.82) is 0 Å². The molecule has 0 spiro atoms. The molecule has 0 amide bonds. The zero-order chi connectivity index (χ0) is 14.2. The molecule has 0 aliphatic heterocycles. The lowest BCUT2D eigenvalue weighted by Gasteiger charge is -2.29. The van der Waals surface area contributed by atoms with E-state index < -0.39 is 12.7 Å². The normalized spacial score (nSPS) is 14.5. The molecule has 0 bridgehead atoms. The summed E-state index contributed by atoms with van der Waals surface area (Å²) in [5, 5.41) is 12.3. The molecule has 0 aromatic heterocycles. The maximum atomic E-state index is 12.4. The van der Waals surface area contributed by atoms with Crippen LogP contribution in [0.1, 0.15) is 33.6 Å². The molecule has 0 aliphatic rings. The Morgan fingerprint density at radius 3 is 2.28 bits per heavy atom. The van der Waals surface area contributed by atoms with E-state index in [1.807, 2.05) is 6.92 Å². The first-order valence-corrected chi connectivity index (χ1v) is 6.45. The number of nitrogens with one attached hydrogen (secondary N) is 1. The van der Waals surface area contributed by atoms with Crippen molar-refractivity contribution in [3.8, 4) is 0 Å². The van der Waals surface area contributed by atoms with Crippen LogP contribution in [0.3, 0.4) is 0 Å². The predicted molar refractivity (Wildman–Crippen MR) is 66.5 cm³/mol. The first-order chi connectivity index (χ1) is 8.30. The van der Waals surface area contributed by atoms with Crippen molar-refractivity contribution in [2.24, 2.45) is 0 Å². The van der Waals surface area contributed by atoms with E-state index >= 15 is 0 Å². The zero-order valence-corrected chi connectivity index (χ0v) is 11.4. The van der Waals surface area contributed by atoms with Gasteiger partial charge in [0.05, 0.1) is 13.2 Å². The van der Waals surface area contributed by atoms with E-state index in [1.165, 1.54) is 4.90 Å². The van der Waals surface area contributed by atoms with Gasteiger partial charge in [0.15, 0.2) is 0 Å². The summed E-state index contributed by atoms with van der Waals surface area (Å²) >= 11 is 0. The van der Waals surface area contributed by atoms with Gasteiger partial charge in [-0.15, -0.1) is 0 Å². The fourth-order valence-corrected chi connectivity index (χ4v) is 1.68. The number of nitrogens with zero attached hydrogens (tertiary/aromatic N) is 1. The molecule has 18 heavy (non-hydrogen) atoms. The van der Waals surface area contributed by atoms with Crippen LogP contribution in [0.15, 0.2) is 0 Å². The van der Waals surface area contributed by atoms with Crippen molar-refractivity contribution in [2.45, 2.75) is 51.9 Å². The fraction of sp³-hybridized carbons (Fsp3) is 1.00. The Morgan fingerprint density at radius 2 is 1.89 bits per heavy atom. The van der Waals surface area contributed by atoms with Gasteiger partial charge in [-0.1, -0.05) is 6.92 Å². The van der Waals surface area contributed by atoms with Crippen LogP contribution in [0.25, 0.3) is 0 Å². The Hall–Kier alpha value is -0.330. The summed E-state index contributed by atoms with van der Waals surface area (Å²) in [6.07, 6.45) is -2.71. The van der Waals surface area contributed by atoms with Crippen LogP contribution in [0.4, 0.5) is 13.2 Å². The molecule has 0 rings (SSSR count). The van der Waals surface area contributed by atoms with Crippen molar-refractivity contribution in [2.75, 3.05) is 26.2 Å². The van der Waals surface area contributed by atoms with Gasteiger partial charge in [0.1, 0.15) is 0 Å². The third-order valence-electron chi connectivity index (χ3n) is 2.78. The van der Waals surface area contributed by atoms with Crippen molar-refractivity contribution >= 4 is 0 Å². The highest BCUT2D eigenvalue weighted by molar-refractivity contribution is 4.72. The minimum Gasteiger partial charge on any atom is -0.395 e. The van der Waals surface area contributed by atoms with Crippen molar-refractivity contribution in [3.63, 3.8) is 0 Å². The maximum absolute atomic E-state index is 12.4. The second-order valence-corrected chi connectivity index (χ2v) is 4.80. The predicted octanol–water partition coefficient (Wildman–Crippen LogP) is 2.01. The smallest absolute Gasteiger partial charge is 0.395 e. The number of aliphatic hydroxyl groups excluding tert-OH is 1. The quantitative estimate of drug-likeness (QED) is 0.673. The molecule has 0 aromatic rings. The molecule has 0 saturated carbocycles. The van der Waals surface area contributed by atoms with Gasteiger partial charge in [-0.05, 0) is 33.2 Å². The number of alkyl halides is 3. The average molecular weight is 270 g/mol. The van der Waals surface area contributed by atoms with Crippen LogP contribution < -0.4 is 5.32 Å². The number of hydrogen-bond acceptors (Lipinski definition) is 3. The molecule has 6 heteroatoms. The van der Waals surface area contributed by atoms with Gasteiger partial charge in [0.25, 0.3) is 0 Å². The minimum absolute atomic E-state index is 0.0437. The van der Waals surface area contributed by atoms with E-state index in [-0.39, 0.29) is 18.7 Å². The largest absolute Gasteiger partial charge is 0.401 e. The Labute approximate surface area is 107 Å². The molecular weight excluding hydrogens is 245 g/mol. The van der Waals surface area contributed by atoms with E-state index in [2.05, 4.69) is 5.32 Å². The van der Waals surface area contributed by atoms with Gasteiger partial charge in [-0.3, -0.25) is 4.90 Å². The van der Waals surface area contributed by atoms with Crippen LogP contribution in [-0.4, -0.2) is 54.5 Å². The zero-order valence-electron chi connectivity index (χ0n) is 11.4. The molecular formula is C12H25F3N2O. The van der Waals surface area contributed by atoms with Crippen molar-refractivity contribution in [1.82, 2.24) is 10.2 Å². The van der Waals surface area contributed by atoms with E-state index in [9.17, 15) is 13.2 Å². The van der Waals surface area contributed by atoms with Gasteiger partial charge in [-0.2, -0.15) is 13.2 Å². The summed E-state index contributed by atoms with van der Waals surface area (Å²) in [4.78, 5) is 1.39. The number of rotatable bonds is 9. The number of aliphatic hydroxyl groups is 1. The first-order valence-electron chi connectivity index (χ1n) is 6.45. The topological polar surface area (TPSA) is 35.5 Å². The third kappa shape index (κ3) is 8.72. The highest BCUT2D eigenvalue weighted by atomic mass is 19.4. The van der Waals surface area contributed by atoms with Crippen LogP contribution in [0.2, 0.25) is 0 Å². The Morgan fingerprint density at radius 1 is 1.28 bits per heavy atom. The molecule has 0 saturated heterocycles. The lowest BCUT2D eigenvalue weighted by atomic mass is 10.2. The molecule has 0 fully saturated rings. The molecule has 3 nitrogen and oxygen atoms in total. The van der Waals surface area contributed by atoms with E-state index in [0.29, 0.717) is 13.0 Å². The van der Waals surface area contributed by atoms with Crippen LogP contribution >= 0.6 is 0 Å². The van der Waals surface area contributed by atoms with E-state index in [4.69, 9.17) is 5.11 Å². The second-order valence-electron chi connectivity index (χ2n) is 4.80. The highest BCUT2D eigenvalue weighted by Gasteiger charge is 2.31. The molecule has 110 valence electrons. The molecule has 0 radical (unpaired) electrons. The van der Waals surface area contributed by atoms with E-state index in [0.717, 1.165) is 13.0 Å². The lowest BCUT2D eigenvalue weighted by Crippen LogP contribution is -2.43. The van der Waals surface area contributed by atoms with Gasteiger partial charge < -0.3 is 10.4 Å². The SMILES string of the molecule is CCCNC(CO)CCN(CC(F)(F)F)C(C)C. The standard InChI is InChI=1S/C12H25F3N2O/c1-4-6-16-11(8-18)5-7-17(10(2)3)9-12(13,14)15/h10-11,16,18H,4-9H2,1-3H3.